The van der Waals surface area contributed by atoms with Crippen LogP contribution in [0.25, 0.3) is 0 Å². The molecule has 0 aliphatic carbocycles. The number of hydrogen-bond donors (Lipinski definition) is 1. The van der Waals surface area contributed by atoms with Gasteiger partial charge in [-0.25, -0.2) is 0 Å². The van der Waals surface area contributed by atoms with E-state index in [1.807, 2.05) is 36.7 Å². The number of ketones is 2. The summed E-state index contributed by atoms with van der Waals surface area (Å²) in [7, 11) is 0. The average Bonchev–Trinajstić information content (AvgIpc) is 3.58. The summed E-state index contributed by atoms with van der Waals surface area (Å²) < 4.78 is 0. The molecule has 0 aliphatic rings. The van der Waals surface area contributed by atoms with Crippen LogP contribution in [0.3, 0.4) is 0 Å². The minimum atomic E-state index is -0.489. The predicted molar refractivity (Wildman–Crippen MR) is 147 cm³/mol. The second-order valence-electron chi connectivity index (χ2n) is 7.88. The van der Waals surface area contributed by atoms with Gasteiger partial charge in [0, 0.05) is 58.9 Å². The van der Waals surface area contributed by atoms with Crippen molar-refractivity contribution in [2.75, 3.05) is 0 Å². The summed E-state index contributed by atoms with van der Waals surface area (Å²) in [4.78, 5) is 46.7. The van der Waals surface area contributed by atoms with Crippen molar-refractivity contribution in [2.24, 2.45) is 0 Å². The molecule has 0 amide bonds. The van der Waals surface area contributed by atoms with E-state index < -0.39 is 9.85 Å². The zero-order valence-electron chi connectivity index (χ0n) is 20.5. The molecule has 0 radical (unpaired) electrons. The topological polar surface area (TPSA) is 136 Å². The first-order valence-corrected chi connectivity index (χ1v) is 11.6. The number of rotatable bonds is 6. The molecule has 0 aliphatic heterocycles. The monoisotopic (exact) mass is 521 g/mol. The maximum absolute atomic E-state index is 12.0. The average molecular weight is 522 g/mol. The molecule has 4 aromatic carbocycles. The van der Waals surface area contributed by atoms with E-state index in [9.17, 15) is 29.8 Å². The first kappa shape index (κ1) is 27.9. The molecule has 5 aromatic rings. The van der Waals surface area contributed by atoms with Crippen LogP contribution in [-0.4, -0.2) is 26.4 Å². The molecule has 9 heteroatoms. The molecule has 0 fully saturated rings. The lowest BCUT2D eigenvalue weighted by Crippen LogP contribution is -2.00. The van der Waals surface area contributed by atoms with Gasteiger partial charge < -0.3 is 4.98 Å². The molecule has 0 saturated heterocycles. The Labute approximate surface area is 223 Å². The summed E-state index contributed by atoms with van der Waals surface area (Å²) in [6.07, 6.45) is 3.75. The molecule has 0 spiro atoms. The van der Waals surface area contributed by atoms with Crippen molar-refractivity contribution in [3.05, 3.63) is 176 Å². The largest absolute Gasteiger partial charge is 0.368 e. The Balaban J connectivity index is 0.000000183. The summed E-state index contributed by atoms with van der Waals surface area (Å²) in [5.41, 5.74) is 2.00. The normalized spacial score (nSPS) is 9.64. The number of carbonyl (C=O) groups is 2. The van der Waals surface area contributed by atoms with Gasteiger partial charge in [-0.05, 0) is 36.4 Å². The fourth-order valence-electron chi connectivity index (χ4n) is 3.26. The number of nitrogens with one attached hydrogen (secondary N) is 1. The van der Waals surface area contributed by atoms with Crippen molar-refractivity contribution in [1.29, 1.82) is 0 Å². The van der Waals surface area contributed by atoms with Gasteiger partial charge in [-0.1, -0.05) is 60.7 Å². The molecule has 1 N–H and O–H groups in total. The van der Waals surface area contributed by atoms with Gasteiger partial charge in [-0.2, -0.15) is 0 Å². The molecule has 9 nitrogen and oxygen atoms in total. The van der Waals surface area contributed by atoms with Gasteiger partial charge in [0.15, 0.2) is 11.6 Å². The predicted octanol–water partition coefficient (Wildman–Crippen LogP) is 6.67. The highest BCUT2D eigenvalue weighted by atomic mass is 16.6. The van der Waals surface area contributed by atoms with E-state index >= 15 is 0 Å². The fraction of sp³-hybridized carbons (Fsp3) is 0. The van der Waals surface area contributed by atoms with Gasteiger partial charge in [0.05, 0.1) is 9.85 Å². The Bertz CT molecular complexity index is 1380. The maximum Gasteiger partial charge on any atom is 0.269 e. The van der Waals surface area contributed by atoms with Crippen molar-refractivity contribution in [3.8, 4) is 0 Å². The van der Waals surface area contributed by atoms with Gasteiger partial charge in [-0.3, -0.25) is 29.8 Å². The number of nitrogens with zero attached hydrogens (tertiary/aromatic N) is 2. The second-order valence-corrected chi connectivity index (χ2v) is 7.88. The lowest BCUT2D eigenvalue weighted by atomic mass is 10.0. The third kappa shape index (κ3) is 8.43. The standard InChI is InChI=1S/2C13H9NO3.C4H5N/c2*15-13(10-4-2-1-3-5-10)11-6-8-12(9-7-11)14(16)17;1-2-4-5-3-1/h2*1-9H;1-5H. The van der Waals surface area contributed by atoms with Gasteiger partial charge >= 0.3 is 0 Å². The van der Waals surface area contributed by atoms with E-state index in [-0.39, 0.29) is 22.9 Å². The Morgan fingerprint density at radius 2 is 0.769 bits per heavy atom. The van der Waals surface area contributed by atoms with Crippen molar-refractivity contribution >= 4 is 22.9 Å². The van der Waals surface area contributed by atoms with Gasteiger partial charge in [0.1, 0.15) is 0 Å². The highest BCUT2D eigenvalue weighted by molar-refractivity contribution is 6.09. The minimum absolute atomic E-state index is 0.0189. The fourth-order valence-corrected chi connectivity index (χ4v) is 3.26. The van der Waals surface area contributed by atoms with Gasteiger partial charge in [0.25, 0.3) is 11.4 Å². The van der Waals surface area contributed by atoms with Crippen LogP contribution in [-0.2, 0) is 0 Å². The summed E-state index contributed by atoms with van der Waals surface area (Å²) in [5.74, 6) is -0.277. The van der Waals surface area contributed by atoms with E-state index in [0.29, 0.717) is 22.3 Å². The molecular formula is C30H23N3O6. The number of hydrogen-bond acceptors (Lipinski definition) is 6. The van der Waals surface area contributed by atoms with Crippen molar-refractivity contribution in [3.63, 3.8) is 0 Å². The molecule has 1 aromatic heterocycles. The number of H-pyrrole nitrogens is 1. The summed E-state index contributed by atoms with van der Waals surface area (Å²) in [6, 6.07) is 32.7. The Morgan fingerprint density at radius 3 is 1.03 bits per heavy atom. The van der Waals surface area contributed by atoms with E-state index in [1.165, 1.54) is 48.5 Å². The molecule has 0 bridgehead atoms. The van der Waals surface area contributed by atoms with Gasteiger partial charge in [0.2, 0.25) is 0 Å². The highest BCUT2D eigenvalue weighted by Gasteiger charge is 2.12. The first-order valence-electron chi connectivity index (χ1n) is 11.6. The lowest BCUT2D eigenvalue weighted by molar-refractivity contribution is -0.385. The van der Waals surface area contributed by atoms with Crippen LogP contribution < -0.4 is 0 Å². The Kier molecular flexibility index (Phi) is 10.1. The zero-order chi connectivity index (χ0) is 28.0. The van der Waals surface area contributed by atoms with Crippen LogP contribution in [0, 0.1) is 20.2 Å². The van der Waals surface area contributed by atoms with E-state index in [4.69, 9.17) is 0 Å². The Morgan fingerprint density at radius 1 is 0.462 bits per heavy atom. The molecular weight excluding hydrogens is 498 g/mol. The smallest absolute Gasteiger partial charge is 0.269 e. The molecule has 0 unspecified atom stereocenters. The van der Waals surface area contributed by atoms with E-state index in [0.717, 1.165) is 0 Å². The number of carbonyl (C=O) groups excluding carboxylic acids is 2. The number of aromatic nitrogens is 1. The SMILES string of the molecule is O=C(c1ccccc1)c1ccc([N+](=O)[O-])cc1.O=C(c1ccccc1)c1ccc([N+](=O)[O-])cc1.c1cc[nH]c1. The second kappa shape index (κ2) is 14.1. The third-order valence-corrected chi connectivity index (χ3v) is 5.25. The van der Waals surface area contributed by atoms with Crippen LogP contribution in [0.2, 0.25) is 0 Å². The number of nitro groups is 2. The number of nitro benzene ring substituents is 2. The summed E-state index contributed by atoms with van der Waals surface area (Å²) in [6.45, 7) is 0. The van der Waals surface area contributed by atoms with Crippen LogP contribution >= 0.6 is 0 Å². The summed E-state index contributed by atoms with van der Waals surface area (Å²) in [5, 5.41) is 20.9. The quantitative estimate of drug-likeness (QED) is 0.151. The molecule has 1 heterocycles. The summed E-state index contributed by atoms with van der Waals surface area (Å²) >= 11 is 0. The van der Waals surface area contributed by atoms with Crippen molar-refractivity contribution < 1.29 is 19.4 Å². The maximum atomic E-state index is 12.0. The van der Waals surface area contributed by atoms with E-state index in [1.54, 1.807) is 48.5 Å². The number of non-ortho nitro benzene ring substituents is 2. The van der Waals surface area contributed by atoms with Crippen molar-refractivity contribution in [1.82, 2.24) is 4.98 Å². The first-order chi connectivity index (χ1) is 18.9. The molecule has 0 atom stereocenters. The number of benzene rings is 4. The van der Waals surface area contributed by atoms with Crippen LogP contribution in [0.4, 0.5) is 11.4 Å². The third-order valence-electron chi connectivity index (χ3n) is 5.25. The van der Waals surface area contributed by atoms with Gasteiger partial charge in [-0.15, -0.1) is 0 Å². The zero-order valence-corrected chi connectivity index (χ0v) is 20.5. The van der Waals surface area contributed by atoms with Crippen LogP contribution in [0.5, 0.6) is 0 Å². The van der Waals surface area contributed by atoms with Crippen LogP contribution in [0.15, 0.2) is 134 Å². The highest BCUT2D eigenvalue weighted by Crippen LogP contribution is 2.16. The molecule has 5 rings (SSSR count). The number of aromatic amines is 1. The van der Waals surface area contributed by atoms with E-state index in [2.05, 4.69) is 4.98 Å². The molecule has 0 saturated carbocycles. The molecule has 39 heavy (non-hydrogen) atoms. The minimum Gasteiger partial charge on any atom is -0.368 e. The lowest BCUT2D eigenvalue weighted by Gasteiger charge is -2.00. The van der Waals surface area contributed by atoms with Crippen LogP contribution in [0.1, 0.15) is 31.8 Å². The Hall–Kier alpha value is -5.70. The molecule has 194 valence electrons. The van der Waals surface area contributed by atoms with Crippen molar-refractivity contribution in [2.45, 2.75) is 0 Å².